The van der Waals surface area contributed by atoms with Crippen molar-refractivity contribution in [2.45, 2.75) is 24.7 Å². The Morgan fingerprint density at radius 2 is 1.36 bits per heavy atom. The van der Waals surface area contributed by atoms with Crippen molar-refractivity contribution in [3.05, 3.63) is 84.4 Å². The van der Waals surface area contributed by atoms with E-state index in [1.807, 2.05) is 0 Å². The molecule has 140 valence electrons. The third kappa shape index (κ3) is 3.08. The molecule has 0 amide bonds. The van der Waals surface area contributed by atoms with Gasteiger partial charge in [-0.1, -0.05) is 60.7 Å². The Balaban J connectivity index is 1.48. The highest BCUT2D eigenvalue weighted by atomic mass is 16.5. The lowest BCUT2D eigenvalue weighted by molar-refractivity contribution is -0.0225. The van der Waals surface area contributed by atoms with Gasteiger partial charge in [0.25, 0.3) is 0 Å². The normalized spacial score (nSPS) is 22.1. The summed E-state index contributed by atoms with van der Waals surface area (Å²) in [4.78, 5) is 0. The van der Waals surface area contributed by atoms with Gasteiger partial charge in [-0.15, -0.1) is 0 Å². The monoisotopic (exact) mass is 370 g/mol. The van der Waals surface area contributed by atoms with Crippen LogP contribution in [0.2, 0.25) is 0 Å². The minimum absolute atomic E-state index is 0.152. The number of fused-ring (bicyclic) bond motifs is 2. The summed E-state index contributed by atoms with van der Waals surface area (Å²) in [5.74, 6) is 0. The second kappa shape index (κ2) is 7.02. The number of aliphatic hydroxyl groups excluding tert-OH is 2. The molecule has 4 aromatic rings. The molecule has 28 heavy (non-hydrogen) atoms. The van der Waals surface area contributed by atoms with E-state index in [0.717, 1.165) is 10.9 Å². The van der Waals surface area contributed by atoms with Crippen molar-refractivity contribution in [3.63, 3.8) is 0 Å². The van der Waals surface area contributed by atoms with Gasteiger partial charge in [0.05, 0.1) is 18.8 Å². The van der Waals surface area contributed by atoms with E-state index in [4.69, 9.17) is 4.74 Å². The van der Waals surface area contributed by atoms with Crippen molar-refractivity contribution in [2.75, 3.05) is 6.61 Å². The molecule has 1 saturated heterocycles. The standard InChI is InChI=1S/C25H22O3/c26-15-25-23(27)14-24(28-25)22-10-9-20-12-19(7-8-21(20)13-22)18-6-5-16-3-1-2-4-17(16)11-18/h1-13,23-27H,14-15H2/t23?,24-,25+/m0/s1. The van der Waals surface area contributed by atoms with Gasteiger partial charge in [-0.05, 0) is 56.4 Å². The van der Waals surface area contributed by atoms with Crippen LogP contribution in [0, 0.1) is 0 Å². The Bertz CT molecular complexity index is 1150. The minimum Gasteiger partial charge on any atom is -0.394 e. The third-order valence-electron chi connectivity index (χ3n) is 5.72. The smallest absolute Gasteiger partial charge is 0.107 e. The van der Waals surface area contributed by atoms with E-state index >= 15 is 0 Å². The topological polar surface area (TPSA) is 49.7 Å². The SMILES string of the molecule is OC[C@H]1O[C@H](c2ccc3cc(-c4ccc5ccccc5c4)ccc3c2)CC1O. The van der Waals surface area contributed by atoms with Gasteiger partial charge >= 0.3 is 0 Å². The highest BCUT2D eigenvalue weighted by Gasteiger charge is 2.34. The molecule has 1 fully saturated rings. The summed E-state index contributed by atoms with van der Waals surface area (Å²) >= 11 is 0. The van der Waals surface area contributed by atoms with Crippen LogP contribution in [0.5, 0.6) is 0 Å². The van der Waals surface area contributed by atoms with Crippen LogP contribution >= 0.6 is 0 Å². The number of rotatable bonds is 3. The Kier molecular flexibility index (Phi) is 4.36. The molecule has 1 aliphatic heterocycles. The molecule has 2 N–H and O–H groups in total. The molecule has 4 aromatic carbocycles. The van der Waals surface area contributed by atoms with Gasteiger partial charge in [-0.3, -0.25) is 0 Å². The molecule has 1 heterocycles. The molecule has 0 radical (unpaired) electrons. The molecular formula is C25H22O3. The predicted molar refractivity (Wildman–Crippen MR) is 112 cm³/mol. The first-order chi connectivity index (χ1) is 13.7. The molecule has 0 bridgehead atoms. The average molecular weight is 370 g/mol. The predicted octanol–water partition coefficient (Wildman–Crippen LogP) is 4.84. The average Bonchev–Trinajstić information content (AvgIpc) is 3.13. The molecule has 0 aromatic heterocycles. The first kappa shape index (κ1) is 17.4. The maximum Gasteiger partial charge on any atom is 0.107 e. The van der Waals surface area contributed by atoms with Crippen LogP contribution in [0.15, 0.2) is 78.9 Å². The van der Waals surface area contributed by atoms with Gasteiger partial charge in [0.15, 0.2) is 0 Å². The van der Waals surface area contributed by atoms with Crippen LogP contribution in [0.25, 0.3) is 32.7 Å². The molecule has 1 unspecified atom stereocenters. The van der Waals surface area contributed by atoms with E-state index in [9.17, 15) is 10.2 Å². The van der Waals surface area contributed by atoms with Crippen LogP contribution < -0.4 is 0 Å². The van der Waals surface area contributed by atoms with Crippen LogP contribution in [-0.2, 0) is 4.74 Å². The summed E-state index contributed by atoms with van der Waals surface area (Å²) in [5, 5.41) is 24.1. The highest BCUT2D eigenvalue weighted by molar-refractivity contribution is 5.91. The third-order valence-corrected chi connectivity index (χ3v) is 5.72. The van der Waals surface area contributed by atoms with E-state index in [1.54, 1.807) is 0 Å². The van der Waals surface area contributed by atoms with E-state index in [1.165, 1.54) is 27.3 Å². The van der Waals surface area contributed by atoms with E-state index in [2.05, 4.69) is 78.9 Å². The van der Waals surface area contributed by atoms with Crippen molar-refractivity contribution >= 4 is 21.5 Å². The van der Waals surface area contributed by atoms with Crippen LogP contribution in [-0.4, -0.2) is 29.0 Å². The number of hydrogen-bond donors (Lipinski definition) is 2. The molecule has 1 aliphatic rings. The first-order valence-electron chi connectivity index (χ1n) is 9.68. The Morgan fingerprint density at radius 3 is 2.07 bits per heavy atom. The molecule has 0 aliphatic carbocycles. The summed E-state index contributed by atoms with van der Waals surface area (Å²) < 4.78 is 5.79. The highest BCUT2D eigenvalue weighted by Crippen LogP contribution is 2.35. The van der Waals surface area contributed by atoms with Crippen LogP contribution in [0.3, 0.4) is 0 Å². The number of aliphatic hydroxyl groups is 2. The van der Waals surface area contributed by atoms with Gasteiger partial charge in [-0.2, -0.15) is 0 Å². The summed E-state index contributed by atoms with van der Waals surface area (Å²) in [6, 6.07) is 27.7. The second-order valence-corrected chi connectivity index (χ2v) is 7.53. The second-order valence-electron chi connectivity index (χ2n) is 7.53. The lowest BCUT2D eigenvalue weighted by atomic mass is 9.96. The Labute approximate surface area is 163 Å². The lowest BCUT2D eigenvalue weighted by Crippen LogP contribution is -2.24. The zero-order chi connectivity index (χ0) is 19.1. The van der Waals surface area contributed by atoms with Crippen LogP contribution in [0.1, 0.15) is 18.1 Å². The number of hydrogen-bond acceptors (Lipinski definition) is 3. The summed E-state index contributed by atoms with van der Waals surface area (Å²) in [7, 11) is 0. The largest absolute Gasteiger partial charge is 0.394 e. The van der Waals surface area contributed by atoms with E-state index < -0.39 is 12.2 Å². The molecule has 3 atom stereocenters. The Hall–Kier alpha value is -2.72. The molecule has 0 spiro atoms. The fourth-order valence-electron chi connectivity index (χ4n) is 4.12. The fraction of sp³-hybridized carbons (Fsp3) is 0.200. The summed E-state index contributed by atoms with van der Waals surface area (Å²) in [5.41, 5.74) is 3.44. The van der Waals surface area contributed by atoms with Gasteiger partial charge in [0.1, 0.15) is 6.10 Å². The van der Waals surface area contributed by atoms with Crippen molar-refractivity contribution in [3.8, 4) is 11.1 Å². The molecule has 5 rings (SSSR count). The lowest BCUT2D eigenvalue weighted by Gasteiger charge is -2.13. The molecule has 3 nitrogen and oxygen atoms in total. The zero-order valence-corrected chi connectivity index (χ0v) is 15.5. The quantitative estimate of drug-likeness (QED) is 0.542. The molecular weight excluding hydrogens is 348 g/mol. The number of ether oxygens (including phenoxy) is 1. The maximum atomic E-state index is 9.99. The van der Waals surface area contributed by atoms with Gasteiger partial charge in [0.2, 0.25) is 0 Å². The van der Waals surface area contributed by atoms with Gasteiger partial charge in [0, 0.05) is 6.42 Å². The van der Waals surface area contributed by atoms with Crippen molar-refractivity contribution < 1.29 is 14.9 Å². The minimum atomic E-state index is -0.610. The summed E-state index contributed by atoms with van der Waals surface area (Å²) in [6.07, 6.45) is -0.750. The first-order valence-corrected chi connectivity index (χ1v) is 9.68. The Morgan fingerprint density at radius 1 is 0.750 bits per heavy atom. The fourth-order valence-corrected chi connectivity index (χ4v) is 4.12. The van der Waals surface area contributed by atoms with E-state index in [0.29, 0.717) is 6.42 Å². The summed E-state index contributed by atoms with van der Waals surface area (Å²) in [6.45, 7) is -0.152. The van der Waals surface area contributed by atoms with Crippen molar-refractivity contribution in [1.82, 2.24) is 0 Å². The van der Waals surface area contributed by atoms with Crippen molar-refractivity contribution in [1.29, 1.82) is 0 Å². The number of benzene rings is 4. The van der Waals surface area contributed by atoms with E-state index in [-0.39, 0.29) is 12.7 Å². The van der Waals surface area contributed by atoms with Gasteiger partial charge < -0.3 is 14.9 Å². The van der Waals surface area contributed by atoms with Gasteiger partial charge in [-0.25, -0.2) is 0 Å². The maximum absolute atomic E-state index is 9.99. The molecule has 0 saturated carbocycles. The molecule has 3 heteroatoms. The van der Waals surface area contributed by atoms with Crippen molar-refractivity contribution in [2.24, 2.45) is 0 Å². The van der Waals surface area contributed by atoms with Crippen LogP contribution in [0.4, 0.5) is 0 Å². The zero-order valence-electron chi connectivity index (χ0n) is 15.5.